The predicted octanol–water partition coefficient (Wildman–Crippen LogP) is 4.01. The van der Waals surface area contributed by atoms with Crippen molar-refractivity contribution in [3.05, 3.63) is 82.1 Å². The van der Waals surface area contributed by atoms with Gasteiger partial charge in [-0.15, -0.1) is 0 Å². The number of carbonyl (C=O) groups excluding carboxylic acids is 3. The van der Waals surface area contributed by atoms with Crippen LogP contribution in [0.4, 0.5) is 17.6 Å². The van der Waals surface area contributed by atoms with E-state index in [0.29, 0.717) is 11.1 Å². The van der Waals surface area contributed by atoms with Crippen molar-refractivity contribution in [2.75, 3.05) is 0 Å². The molecule has 0 bridgehead atoms. The van der Waals surface area contributed by atoms with Crippen molar-refractivity contribution >= 4 is 28.5 Å². The molecule has 12 heteroatoms. The number of halogens is 4. The Hall–Kier alpha value is -4.61. The third-order valence-corrected chi connectivity index (χ3v) is 5.82. The number of aromatic nitrogens is 3. The van der Waals surface area contributed by atoms with Gasteiger partial charge in [0.05, 0.1) is 17.6 Å². The lowest BCUT2D eigenvalue weighted by Gasteiger charge is -2.16. The van der Waals surface area contributed by atoms with E-state index in [4.69, 9.17) is 11.5 Å². The van der Waals surface area contributed by atoms with E-state index in [1.165, 1.54) is 19.9 Å². The van der Waals surface area contributed by atoms with E-state index in [0.717, 1.165) is 22.9 Å². The normalized spacial score (nSPS) is 11.6. The molecule has 2 aromatic heterocycles. The Balaban J connectivity index is 2.07. The van der Waals surface area contributed by atoms with Crippen LogP contribution in [-0.2, 0) is 12.7 Å². The predicted molar refractivity (Wildman–Crippen MR) is 125 cm³/mol. The lowest BCUT2D eigenvalue weighted by atomic mass is 9.92. The maximum atomic E-state index is 14.2. The highest BCUT2D eigenvalue weighted by Crippen LogP contribution is 2.42. The first-order chi connectivity index (χ1) is 17.3. The Morgan fingerprint density at radius 3 is 2.30 bits per heavy atom. The number of nitrogens with two attached hydrogens (primary N) is 2. The number of nitrogens with zero attached hydrogens (tertiary/aromatic N) is 3. The molecule has 0 saturated carbocycles. The average molecular weight is 513 g/mol. The summed E-state index contributed by atoms with van der Waals surface area (Å²) in [5.74, 6) is -3.41. The fourth-order valence-electron chi connectivity index (χ4n) is 4.18. The number of ketones is 1. The third kappa shape index (κ3) is 4.65. The Kier molecular flexibility index (Phi) is 6.28. The molecular weight excluding hydrogens is 494 g/mol. The molecule has 2 heterocycles. The van der Waals surface area contributed by atoms with Gasteiger partial charge in [0.2, 0.25) is 5.91 Å². The topological polar surface area (TPSA) is 134 Å². The van der Waals surface area contributed by atoms with Gasteiger partial charge in [0, 0.05) is 33.8 Å². The second-order valence-electron chi connectivity index (χ2n) is 8.32. The molecule has 0 saturated heterocycles. The van der Waals surface area contributed by atoms with Crippen LogP contribution in [0, 0.1) is 12.7 Å². The van der Waals surface area contributed by atoms with E-state index in [2.05, 4.69) is 10.1 Å². The average Bonchev–Trinajstić information content (AvgIpc) is 3.13. The third-order valence-electron chi connectivity index (χ3n) is 5.82. The summed E-state index contributed by atoms with van der Waals surface area (Å²) in [5, 5.41) is 3.67. The summed E-state index contributed by atoms with van der Waals surface area (Å²) in [6.07, 6.45) is -5.02. The molecule has 2 aromatic carbocycles. The molecule has 0 aliphatic rings. The molecule has 0 spiro atoms. The minimum absolute atomic E-state index is 0.0664. The summed E-state index contributed by atoms with van der Waals surface area (Å²) in [6.45, 7) is 2.50. The van der Waals surface area contributed by atoms with E-state index in [9.17, 15) is 31.9 Å². The Morgan fingerprint density at radius 1 is 1.00 bits per heavy atom. The van der Waals surface area contributed by atoms with Crippen LogP contribution in [0.1, 0.15) is 55.1 Å². The van der Waals surface area contributed by atoms with Gasteiger partial charge in [-0.25, -0.2) is 9.37 Å². The Morgan fingerprint density at radius 2 is 1.70 bits per heavy atom. The maximum absolute atomic E-state index is 14.2. The summed E-state index contributed by atoms with van der Waals surface area (Å²) in [5.41, 5.74) is 7.84. The van der Waals surface area contributed by atoms with Crippen LogP contribution >= 0.6 is 0 Å². The quantitative estimate of drug-likeness (QED) is 0.297. The van der Waals surface area contributed by atoms with E-state index in [1.807, 2.05) is 0 Å². The standard InChI is InChI=1S/C25H19F4N5O3/c1-11-18(20-19(23(30)36)16-7-6-15(26)9-17(16)32-21(20)24(31)37)22(25(27,28)29)33-34(11)10-13-4-3-5-14(8-13)12(2)35/h3-9H,10H2,1-2H3,(H2,30,36)(H2,31,37). The van der Waals surface area contributed by atoms with Crippen molar-refractivity contribution < 1.29 is 31.9 Å². The second kappa shape index (κ2) is 9.12. The summed E-state index contributed by atoms with van der Waals surface area (Å²) >= 11 is 0. The molecular formula is C25H19F4N5O3. The molecule has 0 aliphatic heterocycles. The van der Waals surface area contributed by atoms with E-state index >= 15 is 0 Å². The molecule has 0 fully saturated rings. The van der Waals surface area contributed by atoms with Crippen molar-refractivity contribution in [2.24, 2.45) is 11.5 Å². The van der Waals surface area contributed by atoms with E-state index in [-0.39, 0.29) is 28.9 Å². The summed E-state index contributed by atoms with van der Waals surface area (Å²) in [6, 6.07) is 9.29. The molecule has 0 atom stereocenters. The van der Waals surface area contributed by atoms with Crippen LogP contribution in [0.2, 0.25) is 0 Å². The molecule has 190 valence electrons. The fraction of sp³-hybridized carbons (Fsp3) is 0.160. The van der Waals surface area contributed by atoms with Gasteiger partial charge in [-0.1, -0.05) is 18.2 Å². The van der Waals surface area contributed by atoms with Crippen LogP contribution in [0.15, 0.2) is 42.5 Å². The zero-order valence-corrected chi connectivity index (χ0v) is 19.5. The van der Waals surface area contributed by atoms with Crippen LogP contribution in [-0.4, -0.2) is 32.4 Å². The van der Waals surface area contributed by atoms with E-state index < -0.39 is 51.9 Å². The Labute approximate surface area is 206 Å². The van der Waals surface area contributed by atoms with Crippen molar-refractivity contribution in [1.82, 2.24) is 14.8 Å². The molecule has 4 aromatic rings. The summed E-state index contributed by atoms with van der Waals surface area (Å²) in [7, 11) is 0. The number of hydrogen-bond donors (Lipinski definition) is 2. The maximum Gasteiger partial charge on any atom is 0.435 e. The van der Waals surface area contributed by atoms with Crippen LogP contribution in [0.25, 0.3) is 22.0 Å². The van der Waals surface area contributed by atoms with Gasteiger partial charge in [0.25, 0.3) is 5.91 Å². The molecule has 0 radical (unpaired) electrons. The molecule has 4 N–H and O–H groups in total. The molecule has 2 amide bonds. The number of Topliss-reactive ketones (excluding diaryl/α,β-unsaturated/α-hetero) is 1. The van der Waals surface area contributed by atoms with Crippen LogP contribution in [0.5, 0.6) is 0 Å². The fourth-order valence-corrected chi connectivity index (χ4v) is 4.18. The highest BCUT2D eigenvalue weighted by atomic mass is 19.4. The first kappa shape index (κ1) is 25.5. The minimum atomic E-state index is -5.02. The largest absolute Gasteiger partial charge is 0.435 e. The lowest BCUT2D eigenvalue weighted by Crippen LogP contribution is -2.21. The Bertz CT molecular complexity index is 1610. The number of hydrogen-bond acceptors (Lipinski definition) is 5. The van der Waals surface area contributed by atoms with Crippen LogP contribution in [0.3, 0.4) is 0 Å². The highest BCUT2D eigenvalue weighted by molar-refractivity contribution is 6.15. The number of carbonyl (C=O) groups is 3. The van der Waals surface area contributed by atoms with E-state index in [1.54, 1.807) is 18.2 Å². The second-order valence-corrected chi connectivity index (χ2v) is 8.32. The molecule has 8 nitrogen and oxygen atoms in total. The zero-order chi connectivity index (χ0) is 27.2. The van der Waals surface area contributed by atoms with Gasteiger partial charge >= 0.3 is 6.18 Å². The van der Waals surface area contributed by atoms with Crippen LogP contribution < -0.4 is 11.5 Å². The number of rotatable bonds is 6. The van der Waals surface area contributed by atoms with Crippen molar-refractivity contribution in [2.45, 2.75) is 26.6 Å². The minimum Gasteiger partial charge on any atom is -0.366 e. The molecule has 37 heavy (non-hydrogen) atoms. The van der Waals surface area contributed by atoms with Gasteiger partial charge in [0.1, 0.15) is 11.5 Å². The van der Waals surface area contributed by atoms with Crippen molar-refractivity contribution in [1.29, 1.82) is 0 Å². The smallest absolute Gasteiger partial charge is 0.366 e. The monoisotopic (exact) mass is 513 g/mol. The first-order valence-electron chi connectivity index (χ1n) is 10.8. The number of benzene rings is 2. The highest BCUT2D eigenvalue weighted by Gasteiger charge is 2.41. The SMILES string of the molecule is CC(=O)c1cccc(Cn2nc(C(F)(F)F)c(-c3c(C(N)=O)nc4cc(F)ccc4c3C(N)=O)c2C)c1. The van der Waals surface area contributed by atoms with Gasteiger partial charge < -0.3 is 11.5 Å². The van der Waals surface area contributed by atoms with Gasteiger partial charge in [-0.3, -0.25) is 19.1 Å². The van der Waals surface area contributed by atoms with Crippen molar-refractivity contribution in [3.8, 4) is 11.1 Å². The number of alkyl halides is 3. The first-order valence-corrected chi connectivity index (χ1v) is 10.8. The molecule has 4 rings (SSSR count). The summed E-state index contributed by atoms with van der Waals surface area (Å²) < 4.78 is 57.6. The number of pyridine rings is 1. The van der Waals surface area contributed by atoms with Gasteiger partial charge in [0.15, 0.2) is 11.5 Å². The van der Waals surface area contributed by atoms with Gasteiger partial charge in [-0.2, -0.15) is 18.3 Å². The van der Waals surface area contributed by atoms with Gasteiger partial charge in [-0.05, 0) is 37.6 Å². The molecule has 0 unspecified atom stereocenters. The lowest BCUT2D eigenvalue weighted by molar-refractivity contribution is -0.141. The summed E-state index contributed by atoms with van der Waals surface area (Å²) in [4.78, 5) is 40.6. The molecule has 0 aliphatic carbocycles. The number of fused-ring (bicyclic) bond motifs is 1. The number of amides is 2. The zero-order valence-electron chi connectivity index (χ0n) is 19.5. The number of primary amides is 2. The van der Waals surface area contributed by atoms with Crippen molar-refractivity contribution in [3.63, 3.8) is 0 Å².